The fraction of sp³-hybridized carbons (Fsp3) is 0.579. The Morgan fingerprint density at radius 1 is 0.526 bits per heavy atom. The molecule has 2 aliphatic carbocycles. The molecule has 0 aliphatic heterocycles. The molecular weight excluding hydrogens is 228 g/mol. The zero-order valence-electron chi connectivity index (χ0n) is 14.5. The second-order valence-corrected chi connectivity index (χ2v) is 5.18. The molecule has 0 atom stereocenters. The van der Waals surface area contributed by atoms with Crippen molar-refractivity contribution in [2.24, 2.45) is 5.41 Å². The van der Waals surface area contributed by atoms with Gasteiger partial charge in [-0.1, -0.05) is 104 Å². The van der Waals surface area contributed by atoms with Crippen LogP contribution in [0.25, 0.3) is 0 Å². The van der Waals surface area contributed by atoms with Crippen LogP contribution in [0.15, 0.2) is 48.6 Å². The van der Waals surface area contributed by atoms with Crippen LogP contribution in [0, 0.1) is 5.41 Å². The summed E-state index contributed by atoms with van der Waals surface area (Å²) < 4.78 is 0. The Bertz CT molecular complexity index is 196. The summed E-state index contributed by atoms with van der Waals surface area (Å²) in [5, 5.41) is 0. The summed E-state index contributed by atoms with van der Waals surface area (Å²) >= 11 is 0. The number of rotatable bonds is 0. The summed E-state index contributed by atoms with van der Waals surface area (Å²) in [7, 11) is 0. The summed E-state index contributed by atoms with van der Waals surface area (Å²) in [5.41, 5.74) is 0.500. The van der Waals surface area contributed by atoms with Gasteiger partial charge < -0.3 is 0 Å². The minimum absolute atomic E-state index is 0.500. The van der Waals surface area contributed by atoms with Crippen molar-refractivity contribution in [3.8, 4) is 0 Å². The van der Waals surface area contributed by atoms with Crippen LogP contribution in [0.3, 0.4) is 0 Å². The molecule has 0 fully saturated rings. The van der Waals surface area contributed by atoms with Crippen molar-refractivity contribution in [2.75, 3.05) is 0 Å². The number of hydrogen-bond donors (Lipinski definition) is 0. The molecule has 0 bridgehead atoms. The topological polar surface area (TPSA) is 0 Å². The Balaban J connectivity index is -0.000000179. The van der Waals surface area contributed by atoms with Gasteiger partial charge in [0.1, 0.15) is 0 Å². The molecule has 0 radical (unpaired) electrons. The van der Waals surface area contributed by atoms with Gasteiger partial charge in [0.25, 0.3) is 0 Å². The van der Waals surface area contributed by atoms with E-state index >= 15 is 0 Å². The van der Waals surface area contributed by atoms with Gasteiger partial charge in [0.05, 0.1) is 0 Å². The Kier molecular flexibility index (Phi) is 23.5. The van der Waals surface area contributed by atoms with Crippen molar-refractivity contribution >= 4 is 0 Å². The van der Waals surface area contributed by atoms with Crippen molar-refractivity contribution in [3.05, 3.63) is 48.6 Å². The predicted molar refractivity (Wildman–Crippen MR) is 93.6 cm³/mol. The van der Waals surface area contributed by atoms with Gasteiger partial charge in [-0.25, -0.2) is 0 Å². The first-order valence-electron chi connectivity index (χ1n) is 7.63. The lowest BCUT2D eigenvalue weighted by molar-refractivity contribution is 0.469. The van der Waals surface area contributed by atoms with Gasteiger partial charge in [-0.2, -0.15) is 0 Å². The van der Waals surface area contributed by atoms with Gasteiger partial charge in [-0.05, 0) is 18.3 Å². The van der Waals surface area contributed by atoms with E-state index in [1.54, 1.807) is 0 Å². The van der Waals surface area contributed by atoms with Crippen LogP contribution in [-0.4, -0.2) is 0 Å². The molecule has 2 aliphatic rings. The minimum atomic E-state index is 0.500. The van der Waals surface area contributed by atoms with Crippen LogP contribution in [0.1, 0.15) is 68.2 Å². The first-order valence-corrected chi connectivity index (χ1v) is 7.63. The lowest BCUT2D eigenvalue weighted by Crippen LogP contribution is -1.93. The normalized spacial score (nSPS) is 13.1. The van der Waals surface area contributed by atoms with E-state index in [0.29, 0.717) is 5.41 Å². The molecule has 0 aromatic heterocycles. The van der Waals surface area contributed by atoms with Gasteiger partial charge in [0, 0.05) is 0 Å². The molecule has 0 aromatic carbocycles. The van der Waals surface area contributed by atoms with Gasteiger partial charge >= 0.3 is 0 Å². The Morgan fingerprint density at radius 3 is 0.737 bits per heavy atom. The summed E-state index contributed by atoms with van der Waals surface area (Å²) in [6.45, 7) is 16.8. The number of hydrogen-bond acceptors (Lipinski definition) is 0. The van der Waals surface area contributed by atoms with E-state index in [1.807, 2.05) is 27.7 Å². The molecular formula is C19H36. The molecule has 0 saturated carbocycles. The van der Waals surface area contributed by atoms with E-state index in [4.69, 9.17) is 0 Å². The van der Waals surface area contributed by atoms with Crippen LogP contribution in [-0.2, 0) is 0 Å². The minimum Gasteiger partial charge on any atom is -0.0808 e. The zero-order valence-corrected chi connectivity index (χ0v) is 14.5. The van der Waals surface area contributed by atoms with Crippen LogP contribution in [0.4, 0.5) is 0 Å². The summed E-state index contributed by atoms with van der Waals surface area (Å²) in [4.78, 5) is 0. The smallest absolute Gasteiger partial charge is 0.0163 e. The molecule has 2 rings (SSSR count). The third-order valence-electron chi connectivity index (χ3n) is 1.31. The second-order valence-electron chi connectivity index (χ2n) is 5.18. The highest BCUT2D eigenvalue weighted by atomic mass is 14.0. The molecule has 19 heavy (non-hydrogen) atoms. The van der Waals surface area contributed by atoms with Crippen LogP contribution in [0.2, 0.25) is 0 Å². The maximum atomic E-state index is 2.19. The van der Waals surface area contributed by atoms with Crippen molar-refractivity contribution < 1.29 is 0 Å². The summed E-state index contributed by atoms with van der Waals surface area (Å²) in [6, 6.07) is 0. The molecule has 0 unspecified atom stereocenters. The third kappa shape index (κ3) is 47.3. The van der Waals surface area contributed by atoms with Crippen molar-refractivity contribution in [3.63, 3.8) is 0 Å². The number of allylic oxidation sites excluding steroid dienone is 8. The van der Waals surface area contributed by atoms with Crippen molar-refractivity contribution in [1.29, 1.82) is 0 Å². The maximum Gasteiger partial charge on any atom is -0.0163 e. The van der Waals surface area contributed by atoms with E-state index in [-0.39, 0.29) is 0 Å². The molecule has 0 nitrogen and oxygen atoms in total. The molecule has 0 heteroatoms. The predicted octanol–water partition coefficient (Wildman–Crippen LogP) is 7.11. The Hall–Kier alpha value is -1.04. The average Bonchev–Trinajstić information content (AvgIpc) is 3.10. The fourth-order valence-corrected chi connectivity index (χ4v) is 0.786. The monoisotopic (exact) mass is 264 g/mol. The lowest BCUT2D eigenvalue weighted by Gasteiger charge is -2.05. The van der Waals surface area contributed by atoms with E-state index < -0.39 is 0 Å². The first kappa shape index (κ1) is 23.1. The van der Waals surface area contributed by atoms with Crippen LogP contribution in [0.5, 0.6) is 0 Å². The quantitative estimate of drug-likeness (QED) is 0.437. The van der Waals surface area contributed by atoms with Crippen molar-refractivity contribution in [1.82, 2.24) is 0 Å². The summed E-state index contributed by atoms with van der Waals surface area (Å²) in [5.74, 6) is 0. The molecule has 0 aromatic rings. The lowest BCUT2D eigenvalue weighted by atomic mass is 10.0. The SMILES string of the molecule is C1=CCC=C1.C1=CCC=C1.CC.CC.CC(C)(C)C. The molecule has 0 amide bonds. The van der Waals surface area contributed by atoms with E-state index in [0.717, 1.165) is 12.8 Å². The van der Waals surface area contributed by atoms with Gasteiger partial charge in [-0.3, -0.25) is 0 Å². The van der Waals surface area contributed by atoms with Gasteiger partial charge in [0.2, 0.25) is 0 Å². The van der Waals surface area contributed by atoms with E-state index in [2.05, 4.69) is 76.3 Å². The zero-order chi connectivity index (χ0) is 15.6. The highest BCUT2D eigenvalue weighted by Crippen LogP contribution is 2.08. The molecule has 0 spiro atoms. The van der Waals surface area contributed by atoms with E-state index in [9.17, 15) is 0 Å². The fourth-order valence-electron chi connectivity index (χ4n) is 0.786. The van der Waals surface area contributed by atoms with Gasteiger partial charge in [0.15, 0.2) is 0 Å². The molecule has 0 heterocycles. The standard InChI is InChI=1S/2C5H6.C5H12.2C2H6/c2*1-2-4-5-3-1;1-5(2,3)4;2*1-2/h2*1-4H,5H2;1-4H3;2*1-2H3. The summed E-state index contributed by atoms with van der Waals surface area (Å²) in [6.07, 6.45) is 19.0. The Morgan fingerprint density at radius 2 is 0.684 bits per heavy atom. The van der Waals surface area contributed by atoms with Crippen LogP contribution >= 0.6 is 0 Å². The maximum absolute atomic E-state index is 2.19. The molecule has 112 valence electrons. The largest absolute Gasteiger partial charge is 0.0808 e. The second kappa shape index (κ2) is 19.3. The first-order chi connectivity index (χ1) is 9.00. The van der Waals surface area contributed by atoms with Crippen LogP contribution < -0.4 is 0 Å². The molecule has 0 saturated heterocycles. The van der Waals surface area contributed by atoms with Gasteiger partial charge in [-0.15, -0.1) is 0 Å². The highest BCUT2D eigenvalue weighted by molar-refractivity contribution is 5.12. The van der Waals surface area contributed by atoms with E-state index in [1.165, 1.54) is 0 Å². The van der Waals surface area contributed by atoms with Crippen molar-refractivity contribution in [2.45, 2.75) is 68.2 Å². The Labute approximate surface area is 123 Å². The molecule has 0 N–H and O–H groups in total. The average molecular weight is 264 g/mol. The highest BCUT2D eigenvalue weighted by Gasteiger charge is 1.95. The third-order valence-corrected chi connectivity index (χ3v) is 1.31.